The molecule has 2 aliphatic carbocycles. The summed E-state index contributed by atoms with van der Waals surface area (Å²) in [6.45, 7) is 0. The molecule has 0 atom stereocenters. The number of nitrogens with one attached hydrogen (secondary N) is 2. The number of anilines is 2. The summed E-state index contributed by atoms with van der Waals surface area (Å²) in [4.78, 5) is 12.4. The standard InChI is InChI=1S/C9H13N5/c1-2-6(1)12-8-10-5-11-9(14-8)13-7-3-4-7/h5-7H,1-4H2,(H2,10,11,12,13,14). The fraction of sp³-hybridized carbons (Fsp3) is 0.667. The lowest BCUT2D eigenvalue weighted by atomic mass is 10.6. The van der Waals surface area contributed by atoms with Gasteiger partial charge >= 0.3 is 0 Å². The second-order valence-electron chi connectivity index (χ2n) is 3.97. The molecule has 0 spiro atoms. The molecule has 1 heterocycles. The molecule has 14 heavy (non-hydrogen) atoms. The first-order valence-corrected chi connectivity index (χ1v) is 5.12. The minimum Gasteiger partial charge on any atom is -0.351 e. The minimum absolute atomic E-state index is 0.589. The fourth-order valence-corrected chi connectivity index (χ4v) is 1.26. The Kier molecular flexibility index (Phi) is 1.75. The monoisotopic (exact) mass is 191 g/mol. The highest BCUT2D eigenvalue weighted by Gasteiger charge is 2.24. The summed E-state index contributed by atoms with van der Waals surface area (Å²) in [5.74, 6) is 1.40. The molecule has 2 fully saturated rings. The van der Waals surface area contributed by atoms with Gasteiger partial charge in [0.05, 0.1) is 0 Å². The van der Waals surface area contributed by atoms with Gasteiger partial charge in [-0.1, -0.05) is 0 Å². The van der Waals surface area contributed by atoms with Gasteiger partial charge in [0, 0.05) is 12.1 Å². The van der Waals surface area contributed by atoms with E-state index in [2.05, 4.69) is 25.6 Å². The van der Waals surface area contributed by atoms with Crippen LogP contribution in [0, 0.1) is 0 Å². The number of aromatic nitrogens is 3. The van der Waals surface area contributed by atoms with E-state index in [-0.39, 0.29) is 0 Å². The number of rotatable bonds is 4. The van der Waals surface area contributed by atoms with Crippen LogP contribution in [0.5, 0.6) is 0 Å². The zero-order valence-electron chi connectivity index (χ0n) is 7.90. The van der Waals surface area contributed by atoms with Crippen LogP contribution in [-0.2, 0) is 0 Å². The predicted octanol–water partition coefficient (Wildman–Crippen LogP) is 1.02. The molecule has 0 bridgehead atoms. The average Bonchev–Trinajstić information content (AvgIpc) is 3.00. The van der Waals surface area contributed by atoms with E-state index in [1.165, 1.54) is 25.7 Å². The van der Waals surface area contributed by atoms with Gasteiger partial charge in [0.25, 0.3) is 0 Å². The molecule has 3 rings (SSSR count). The Balaban J connectivity index is 1.68. The molecule has 0 amide bonds. The fourth-order valence-electron chi connectivity index (χ4n) is 1.26. The molecule has 2 saturated carbocycles. The van der Waals surface area contributed by atoms with Crippen LogP contribution in [0.25, 0.3) is 0 Å². The molecule has 2 N–H and O–H groups in total. The van der Waals surface area contributed by atoms with Crippen molar-refractivity contribution >= 4 is 11.9 Å². The van der Waals surface area contributed by atoms with E-state index in [1.54, 1.807) is 6.33 Å². The van der Waals surface area contributed by atoms with E-state index in [9.17, 15) is 0 Å². The van der Waals surface area contributed by atoms with E-state index < -0.39 is 0 Å². The highest BCUT2D eigenvalue weighted by atomic mass is 15.2. The Morgan fingerprint density at radius 2 is 1.43 bits per heavy atom. The summed E-state index contributed by atoms with van der Waals surface area (Å²) in [7, 11) is 0. The largest absolute Gasteiger partial charge is 0.351 e. The van der Waals surface area contributed by atoms with Crippen molar-refractivity contribution in [3.63, 3.8) is 0 Å². The quantitative estimate of drug-likeness (QED) is 0.744. The van der Waals surface area contributed by atoms with Crippen LogP contribution in [0.3, 0.4) is 0 Å². The van der Waals surface area contributed by atoms with E-state index in [1.807, 2.05) is 0 Å². The van der Waals surface area contributed by atoms with Crippen LogP contribution in [0.4, 0.5) is 11.9 Å². The lowest BCUT2D eigenvalue weighted by molar-refractivity contribution is 0.975. The van der Waals surface area contributed by atoms with Crippen molar-refractivity contribution in [2.24, 2.45) is 0 Å². The van der Waals surface area contributed by atoms with E-state index in [0.29, 0.717) is 24.0 Å². The molecule has 1 aromatic rings. The molecule has 74 valence electrons. The third kappa shape index (κ3) is 1.92. The van der Waals surface area contributed by atoms with Crippen LogP contribution in [0.2, 0.25) is 0 Å². The van der Waals surface area contributed by atoms with Crippen LogP contribution in [0.1, 0.15) is 25.7 Å². The minimum atomic E-state index is 0.589. The molecule has 0 aliphatic heterocycles. The van der Waals surface area contributed by atoms with Crippen LogP contribution in [0.15, 0.2) is 6.33 Å². The Morgan fingerprint density at radius 1 is 0.929 bits per heavy atom. The highest BCUT2D eigenvalue weighted by Crippen LogP contribution is 2.24. The predicted molar refractivity (Wildman–Crippen MR) is 53.1 cm³/mol. The zero-order valence-corrected chi connectivity index (χ0v) is 7.90. The van der Waals surface area contributed by atoms with Gasteiger partial charge in [0.1, 0.15) is 6.33 Å². The Hall–Kier alpha value is -1.39. The average molecular weight is 191 g/mol. The molecule has 2 aliphatic rings. The maximum absolute atomic E-state index is 4.29. The summed E-state index contributed by atoms with van der Waals surface area (Å²) < 4.78 is 0. The lowest BCUT2D eigenvalue weighted by Gasteiger charge is -2.04. The van der Waals surface area contributed by atoms with Gasteiger partial charge in [-0.25, -0.2) is 9.97 Å². The van der Waals surface area contributed by atoms with Crippen molar-refractivity contribution in [2.75, 3.05) is 10.6 Å². The van der Waals surface area contributed by atoms with Crippen molar-refractivity contribution in [1.82, 2.24) is 15.0 Å². The summed E-state index contributed by atoms with van der Waals surface area (Å²) in [5.41, 5.74) is 0. The third-order valence-corrected chi connectivity index (χ3v) is 2.39. The van der Waals surface area contributed by atoms with E-state index in [0.717, 1.165) is 0 Å². The molecule has 0 saturated heterocycles. The smallest absolute Gasteiger partial charge is 0.227 e. The van der Waals surface area contributed by atoms with Crippen LogP contribution < -0.4 is 10.6 Å². The summed E-state index contributed by atoms with van der Waals surface area (Å²) in [6.07, 6.45) is 6.49. The molecular formula is C9H13N5. The number of hydrogen-bond donors (Lipinski definition) is 2. The zero-order chi connectivity index (χ0) is 9.38. The van der Waals surface area contributed by atoms with Crippen molar-refractivity contribution in [2.45, 2.75) is 37.8 Å². The lowest BCUT2D eigenvalue weighted by Crippen LogP contribution is -2.10. The van der Waals surface area contributed by atoms with Crippen LogP contribution in [-0.4, -0.2) is 27.0 Å². The second kappa shape index (κ2) is 3.08. The first-order chi connectivity index (χ1) is 6.90. The maximum Gasteiger partial charge on any atom is 0.227 e. The second-order valence-corrected chi connectivity index (χ2v) is 3.97. The van der Waals surface area contributed by atoms with E-state index in [4.69, 9.17) is 0 Å². The maximum atomic E-state index is 4.29. The molecule has 5 nitrogen and oxygen atoms in total. The van der Waals surface area contributed by atoms with Gasteiger partial charge in [0.15, 0.2) is 0 Å². The normalized spacial score (nSPS) is 20.6. The topological polar surface area (TPSA) is 62.7 Å². The Labute approximate surface area is 82.4 Å². The SMILES string of the molecule is c1nc(NC2CC2)nc(NC2CC2)n1. The van der Waals surface area contributed by atoms with Gasteiger partial charge in [-0.2, -0.15) is 4.98 Å². The van der Waals surface area contributed by atoms with Gasteiger partial charge in [-0.15, -0.1) is 0 Å². The van der Waals surface area contributed by atoms with Gasteiger partial charge < -0.3 is 10.6 Å². The number of nitrogens with zero attached hydrogens (tertiary/aromatic N) is 3. The number of hydrogen-bond acceptors (Lipinski definition) is 5. The molecule has 1 aromatic heterocycles. The summed E-state index contributed by atoms with van der Waals surface area (Å²) >= 11 is 0. The summed E-state index contributed by atoms with van der Waals surface area (Å²) in [5, 5.41) is 6.50. The van der Waals surface area contributed by atoms with Gasteiger partial charge in [0.2, 0.25) is 11.9 Å². The van der Waals surface area contributed by atoms with Gasteiger partial charge in [-0.05, 0) is 25.7 Å². The summed E-state index contributed by atoms with van der Waals surface area (Å²) in [6, 6.07) is 1.18. The molecule has 0 unspecified atom stereocenters. The van der Waals surface area contributed by atoms with Gasteiger partial charge in [-0.3, -0.25) is 0 Å². The van der Waals surface area contributed by atoms with Crippen molar-refractivity contribution in [3.05, 3.63) is 6.33 Å². The third-order valence-electron chi connectivity index (χ3n) is 2.39. The van der Waals surface area contributed by atoms with Crippen molar-refractivity contribution in [3.8, 4) is 0 Å². The highest BCUT2D eigenvalue weighted by molar-refractivity contribution is 5.36. The molecule has 0 radical (unpaired) electrons. The first kappa shape index (κ1) is 7.96. The Morgan fingerprint density at radius 3 is 1.86 bits per heavy atom. The molecule has 5 heteroatoms. The van der Waals surface area contributed by atoms with Crippen molar-refractivity contribution in [1.29, 1.82) is 0 Å². The van der Waals surface area contributed by atoms with Crippen LogP contribution >= 0.6 is 0 Å². The Bertz CT molecular complexity index is 302. The van der Waals surface area contributed by atoms with Crippen molar-refractivity contribution < 1.29 is 0 Å². The molecular weight excluding hydrogens is 178 g/mol. The first-order valence-electron chi connectivity index (χ1n) is 5.12. The van der Waals surface area contributed by atoms with E-state index >= 15 is 0 Å². The molecule has 0 aromatic carbocycles.